The number of rotatable bonds is 3. The average molecular weight is 295 g/mol. The number of benzene rings is 1. The summed E-state index contributed by atoms with van der Waals surface area (Å²) < 4.78 is 38.5. The van der Waals surface area contributed by atoms with E-state index in [1.54, 1.807) is 0 Å². The van der Waals surface area contributed by atoms with Crippen molar-refractivity contribution in [3.8, 4) is 0 Å². The van der Waals surface area contributed by atoms with E-state index < -0.39 is 11.7 Å². The molecule has 0 saturated carbocycles. The topological polar surface area (TPSA) is 40.2 Å². The lowest BCUT2D eigenvalue weighted by atomic mass is 10.0. The summed E-state index contributed by atoms with van der Waals surface area (Å²) in [6, 6.07) is 3.85. The molecule has 2 heterocycles. The van der Waals surface area contributed by atoms with Crippen LogP contribution in [0.4, 0.5) is 13.2 Å². The third-order valence-electron chi connectivity index (χ3n) is 3.80. The van der Waals surface area contributed by atoms with E-state index in [-0.39, 0.29) is 0 Å². The molecule has 0 amide bonds. The summed E-state index contributed by atoms with van der Waals surface area (Å²) in [5, 5.41) is 3.84. The molecule has 0 atom stereocenters. The summed E-state index contributed by atoms with van der Waals surface area (Å²) in [5.74, 6) is 0.940. The molecule has 0 bridgehead atoms. The van der Waals surface area contributed by atoms with Crippen LogP contribution in [0.3, 0.4) is 0 Å². The molecule has 0 unspecified atom stereocenters. The summed E-state index contributed by atoms with van der Waals surface area (Å²) in [5.41, 5.74) is 2.00. The molecule has 6 heteroatoms. The van der Waals surface area contributed by atoms with Crippen molar-refractivity contribution in [1.29, 1.82) is 0 Å². The minimum absolute atomic E-state index is 0.605. The van der Waals surface area contributed by atoms with E-state index in [4.69, 9.17) is 0 Å². The number of aryl methyl sites for hydroxylation is 2. The van der Waals surface area contributed by atoms with Crippen molar-refractivity contribution in [2.24, 2.45) is 4.99 Å². The van der Waals surface area contributed by atoms with Crippen LogP contribution >= 0.6 is 0 Å². The largest absolute Gasteiger partial charge is 0.416 e. The number of alkyl halides is 3. The summed E-state index contributed by atoms with van der Waals surface area (Å²) in [4.78, 5) is 7.47. The number of aromatic nitrogens is 1. The summed E-state index contributed by atoms with van der Waals surface area (Å²) in [6.07, 6.45) is -2.91. The molecule has 21 heavy (non-hydrogen) atoms. The van der Waals surface area contributed by atoms with Crippen molar-refractivity contribution in [1.82, 2.24) is 10.3 Å². The van der Waals surface area contributed by atoms with Crippen LogP contribution < -0.4 is 5.32 Å². The van der Waals surface area contributed by atoms with E-state index in [0.29, 0.717) is 11.8 Å². The highest BCUT2D eigenvalue weighted by molar-refractivity contribution is 5.87. The van der Waals surface area contributed by atoms with Crippen molar-refractivity contribution in [2.45, 2.75) is 25.9 Å². The van der Waals surface area contributed by atoms with Gasteiger partial charge in [-0.25, -0.2) is 0 Å². The standard InChI is InChI=1S/C15H16F3N3/c1-9-11(3-5-14-19-6-7-20-14)12-8-10(15(16,17)18)2-4-13(12)21-9/h2,4,8,21H,3,5-7H2,1H3,(H,19,20). The van der Waals surface area contributed by atoms with Crippen molar-refractivity contribution < 1.29 is 13.2 Å². The maximum atomic E-state index is 12.8. The van der Waals surface area contributed by atoms with Gasteiger partial charge in [-0.15, -0.1) is 0 Å². The van der Waals surface area contributed by atoms with Gasteiger partial charge in [-0.1, -0.05) is 0 Å². The first-order valence-electron chi connectivity index (χ1n) is 6.91. The van der Waals surface area contributed by atoms with Gasteiger partial charge in [-0.2, -0.15) is 13.2 Å². The van der Waals surface area contributed by atoms with Crippen LogP contribution in [-0.4, -0.2) is 23.9 Å². The molecule has 0 saturated heterocycles. The lowest BCUT2D eigenvalue weighted by molar-refractivity contribution is -0.137. The van der Waals surface area contributed by atoms with Gasteiger partial charge in [-0.05, 0) is 37.1 Å². The van der Waals surface area contributed by atoms with Gasteiger partial charge < -0.3 is 10.3 Å². The highest BCUT2D eigenvalue weighted by Crippen LogP contribution is 2.33. The highest BCUT2D eigenvalue weighted by atomic mass is 19.4. The van der Waals surface area contributed by atoms with Crippen LogP contribution in [0.2, 0.25) is 0 Å². The fourth-order valence-corrected chi connectivity index (χ4v) is 2.74. The first-order valence-corrected chi connectivity index (χ1v) is 6.91. The number of fused-ring (bicyclic) bond motifs is 1. The Kier molecular flexibility index (Phi) is 3.39. The quantitative estimate of drug-likeness (QED) is 0.895. The second kappa shape index (κ2) is 5.09. The Morgan fingerprint density at radius 2 is 2.05 bits per heavy atom. The zero-order chi connectivity index (χ0) is 15.0. The van der Waals surface area contributed by atoms with Gasteiger partial charge in [0.25, 0.3) is 0 Å². The number of amidine groups is 1. The number of nitrogens with one attached hydrogen (secondary N) is 2. The first-order chi connectivity index (χ1) is 9.95. The molecule has 2 N–H and O–H groups in total. The number of hydrogen-bond acceptors (Lipinski definition) is 2. The Hall–Kier alpha value is -1.98. The maximum Gasteiger partial charge on any atom is 0.416 e. The second-order valence-electron chi connectivity index (χ2n) is 5.24. The summed E-state index contributed by atoms with van der Waals surface area (Å²) in [6.45, 7) is 3.52. The summed E-state index contributed by atoms with van der Waals surface area (Å²) in [7, 11) is 0. The molecule has 1 aromatic carbocycles. The number of hydrogen-bond donors (Lipinski definition) is 2. The Balaban J connectivity index is 1.94. The number of aromatic amines is 1. The fraction of sp³-hybridized carbons (Fsp3) is 0.400. The number of halogens is 3. The van der Waals surface area contributed by atoms with Crippen molar-refractivity contribution in [3.63, 3.8) is 0 Å². The Labute approximate surface area is 120 Å². The van der Waals surface area contributed by atoms with Crippen LogP contribution in [0.25, 0.3) is 10.9 Å². The Morgan fingerprint density at radius 1 is 1.24 bits per heavy atom. The van der Waals surface area contributed by atoms with E-state index in [0.717, 1.165) is 48.2 Å². The average Bonchev–Trinajstić information content (AvgIpc) is 3.01. The minimum Gasteiger partial charge on any atom is -0.372 e. The molecule has 0 aliphatic carbocycles. The van der Waals surface area contributed by atoms with Gasteiger partial charge in [0.05, 0.1) is 17.9 Å². The molecule has 2 aromatic rings. The van der Waals surface area contributed by atoms with E-state index in [1.807, 2.05) is 6.92 Å². The zero-order valence-electron chi connectivity index (χ0n) is 11.6. The van der Waals surface area contributed by atoms with E-state index in [1.165, 1.54) is 12.1 Å². The van der Waals surface area contributed by atoms with Crippen LogP contribution in [-0.2, 0) is 12.6 Å². The molecule has 3 nitrogen and oxygen atoms in total. The van der Waals surface area contributed by atoms with Crippen molar-refractivity contribution in [3.05, 3.63) is 35.0 Å². The SMILES string of the molecule is Cc1[nH]c2ccc(C(F)(F)F)cc2c1CCC1=NCCN1. The molecule has 0 radical (unpaired) electrons. The summed E-state index contributed by atoms with van der Waals surface area (Å²) >= 11 is 0. The van der Waals surface area contributed by atoms with Crippen molar-refractivity contribution in [2.75, 3.05) is 13.1 Å². The zero-order valence-corrected chi connectivity index (χ0v) is 11.6. The van der Waals surface area contributed by atoms with Gasteiger partial charge in [0.1, 0.15) is 0 Å². The van der Waals surface area contributed by atoms with Gasteiger partial charge in [0.2, 0.25) is 0 Å². The lowest BCUT2D eigenvalue weighted by Crippen LogP contribution is -2.18. The Bertz CT molecular complexity index is 698. The van der Waals surface area contributed by atoms with E-state index in [2.05, 4.69) is 15.3 Å². The fourth-order valence-electron chi connectivity index (χ4n) is 2.74. The second-order valence-corrected chi connectivity index (χ2v) is 5.24. The molecular formula is C15H16F3N3. The van der Waals surface area contributed by atoms with Gasteiger partial charge in [0.15, 0.2) is 0 Å². The van der Waals surface area contributed by atoms with Crippen LogP contribution in [0.5, 0.6) is 0 Å². The molecular weight excluding hydrogens is 279 g/mol. The third-order valence-corrected chi connectivity index (χ3v) is 3.80. The van der Waals surface area contributed by atoms with E-state index in [9.17, 15) is 13.2 Å². The van der Waals surface area contributed by atoms with Crippen LogP contribution in [0.15, 0.2) is 23.2 Å². The Morgan fingerprint density at radius 3 is 2.71 bits per heavy atom. The van der Waals surface area contributed by atoms with Crippen molar-refractivity contribution >= 4 is 16.7 Å². The molecule has 1 aliphatic heterocycles. The number of H-pyrrole nitrogens is 1. The predicted molar refractivity (Wildman–Crippen MR) is 76.7 cm³/mol. The molecule has 112 valence electrons. The van der Waals surface area contributed by atoms with Crippen LogP contribution in [0.1, 0.15) is 23.2 Å². The van der Waals surface area contributed by atoms with Crippen LogP contribution in [0, 0.1) is 6.92 Å². The minimum atomic E-state index is -4.31. The normalized spacial score (nSPS) is 15.3. The highest BCUT2D eigenvalue weighted by Gasteiger charge is 2.30. The molecule has 3 rings (SSSR count). The number of aliphatic imine (C=N–C) groups is 1. The monoisotopic (exact) mass is 295 g/mol. The number of nitrogens with zero attached hydrogens (tertiary/aromatic N) is 1. The molecule has 1 aliphatic rings. The molecule has 0 fully saturated rings. The predicted octanol–water partition coefficient (Wildman–Crippen LogP) is 3.43. The van der Waals surface area contributed by atoms with Gasteiger partial charge >= 0.3 is 6.18 Å². The third kappa shape index (κ3) is 2.75. The smallest absolute Gasteiger partial charge is 0.372 e. The molecule has 0 spiro atoms. The van der Waals surface area contributed by atoms with Gasteiger partial charge in [-0.3, -0.25) is 4.99 Å². The van der Waals surface area contributed by atoms with E-state index >= 15 is 0 Å². The van der Waals surface area contributed by atoms with Gasteiger partial charge in [0, 0.05) is 29.6 Å². The molecule has 1 aromatic heterocycles. The first kappa shape index (κ1) is 14.0. The lowest BCUT2D eigenvalue weighted by Gasteiger charge is -2.07. The maximum absolute atomic E-state index is 12.8.